The molecule has 0 aliphatic rings. The molecular weight excluding hydrogens is 380 g/mol. The predicted octanol–water partition coefficient (Wildman–Crippen LogP) is 4.45. The number of hydrogen-bond donors (Lipinski definition) is 1. The van der Waals surface area contributed by atoms with E-state index >= 15 is 0 Å². The van der Waals surface area contributed by atoms with Crippen LogP contribution in [-0.2, 0) is 11.2 Å². The van der Waals surface area contributed by atoms with Gasteiger partial charge in [-0.1, -0.05) is 15.9 Å². The third kappa shape index (κ3) is 6.50. The molecule has 1 aromatic carbocycles. The Hall–Kier alpha value is -0.850. The molecule has 0 aliphatic heterocycles. The molecule has 0 atom stereocenters. The Morgan fingerprint density at radius 3 is 2.77 bits per heavy atom. The summed E-state index contributed by atoms with van der Waals surface area (Å²) in [6, 6.07) is 8.00. The summed E-state index contributed by atoms with van der Waals surface area (Å²) in [4.78, 5) is 17.3. The van der Waals surface area contributed by atoms with Gasteiger partial charge in [0.15, 0.2) is 0 Å². The van der Waals surface area contributed by atoms with E-state index in [4.69, 9.17) is 0 Å². The van der Waals surface area contributed by atoms with Gasteiger partial charge in [-0.25, -0.2) is 4.98 Å². The number of thiazole rings is 1. The summed E-state index contributed by atoms with van der Waals surface area (Å²) in [7, 11) is 0. The molecule has 22 heavy (non-hydrogen) atoms. The van der Waals surface area contributed by atoms with Crippen LogP contribution in [0.4, 0.5) is 0 Å². The number of rotatable bonds is 8. The molecule has 118 valence electrons. The predicted molar refractivity (Wildman–Crippen MR) is 97.7 cm³/mol. The lowest BCUT2D eigenvalue weighted by atomic mass is 10.2. The Balaban J connectivity index is 1.55. The van der Waals surface area contributed by atoms with E-state index in [-0.39, 0.29) is 5.91 Å². The molecule has 0 spiro atoms. The van der Waals surface area contributed by atoms with Crippen LogP contribution < -0.4 is 5.32 Å². The number of benzene rings is 1. The van der Waals surface area contributed by atoms with Gasteiger partial charge >= 0.3 is 0 Å². The van der Waals surface area contributed by atoms with Crippen LogP contribution in [0, 0.1) is 6.92 Å². The van der Waals surface area contributed by atoms with Gasteiger partial charge in [0.2, 0.25) is 5.91 Å². The molecule has 6 heteroatoms. The Bertz CT molecular complexity index is 598. The van der Waals surface area contributed by atoms with E-state index in [0.717, 1.165) is 40.9 Å². The van der Waals surface area contributed by atoms with Crippen LogP contribution in [-0.4, -0.2) is 23.2 Å². The van der Waals surface area contributed by atoms with Gasteiger partial charge in [-0.3, -0.25) is 4.79 Å². The molecule has 0 saturated carbocycles. The Labute approximate surface area is 148 Å². The Kier molecular flexibility index (Phi) is 7.42. The quantitative estimate of drug-likeness (QED) is 0.527. The smallest absolute Gasteiger partial charge is 0.230 e. The van der Waals surface area contributed by atoms with E-state index in [1.807, 2.05) is 31.2 Å². The van der Waals surface area contributed by atoms with Crippen molar-refractivity contribution in [2.24, 2.45) is 0 Å². The van der Waals surface area contributed by atoms with E-state index in [9.17, 15) is 4.79 Å². The number of thioether (sulfide) groups is 1. The Morgan fingerprint density at radius 1 is 1.32 bits per heavy atom. The summed E-state index contributed by atoms with van der Waals surface area (Å²) in [5, 5.41) is 6.24. The van der Waals surface area contributed by atoms with Crippen molar-refractivity contribution >= 4 is 44.9 Å². The fourth-order valence-corrected chi connectivity index (χ4v) is 3.69. The van der Waals surface area contributed by atoms with Crippen LogP contribution in [0.25, 0.3) is 0 Å². The monoisotopic (exact) mass is 398 g/mol. The average Bonchev–Trinajstić information content (AvgIpc) is 2.92. The van der Waals surface area contributed by atoms with Crippen molar-refractivity contribution in [2.75, 3.05) is 12.3 Å². The van der Waals surface area contributed by atoms with Gasteiger partial charge in [0.25, 0.3) is 0 Å². The van der Waals surface area contributed by atoms with Crippen LogP contribution in [0.1, 0.15) is 23.5 Å². The summed E-state index contributed by atoms with van der Waals surface area (Å²) < 4.78 is 1.05. The number of carbonyl (C=O) groups excluding carboxylic acids is 1. The number of aryl methyl sites for hydroxylation is 2. The maximum Gasteiger partial charge on any atom is 0.230 e. The van der Waals surface area contributed by atoms with Gasteiger partial charge in [0.05, 0.1) is 10.8 Å². The van der Waals surface area contributed by atoms with Crippen molar-refractivity contribution in [3.8, 4) is 0 Å². The first kappa shape index (κ1) is 17.5. The lowest BCUT2D eigenvalue weighted by Gasteiger charge is -2.05. The first-order valence-electron chi connectivity index (χ1n) is 7.19. The summed E-state index contributed by atoms with van der Waals surface area (Å²) in [5.74, 6) is 0.561. The van der Waals surface area contributed by atoms with Crippen molar-refractivity contribution < 1.29 is 4.79 Å². The molecule has 0 unspecified atom stereocenters. The van der Waals surface area contributed by atoms with Gasteiger partial charge in [-0.2, -0.15) is 0 Å². The highest BCUT2D eigenvalue weighted by molar-refractivity contribution is 9.10. The second kappa shape index (κ2) is 9.33. The van der Waals surface area contributed by atoms with Crippen LogP contribution in [0.5, 0.6) is 0 Å². The summed E-state index contributed by atoms with van der Waals surface area (Å²) in [6.45, 7) is 2.76. The maximum absolute atomic E-state index is 11.8. The maximum atomic E-state index is 11.8. The molecule has 0 fully saturated rings. The summed E-state index contributed by atoms with van der Waals surface area (Å²) >= 11 is 6.68. The van der Waals surface area contributed by atoms with Gasteiger partial charge in [0, 0.05) is 27.0 Å². The first-order chi connectivity index (χ1) is 10.6. The molecule has 0 radical (unpaired) electrons. The minimum absolute atomic E-state index is 0.0954. The highest BCUT2D eigenvalue weighted by Crippen LogP contribution is 2.20. The number of nitrogens with one attached hydrogen (secondary N) is 1. The SMILES string of the molecule is Cc1csc(CCCCNC(=O)CSc2ccc(Br)cc2)n1. The minimum atomic E-state index is 0.0954. The molecule has 0 saturated heterocycles. The number of nitrogens with zero attached hydrogens (tertiary/aromatic N) is 1. The molecule has 3 nitrogen and oxygen atoms in total. The average molecular weight is 399 g/mol. The van der Waals surface area contributed by atoms with Crippen LogP contribution in [0.3, 0.4) is 0 Å². The normalized spacial score (nSPS) is 10.6. The zero-order valence-corrected chi connectivity index (χ0v) is 15.7. The summed E-state index contributed by atoms with van der Waals surface area (Å²) in [6.07, 6.45) is 3.06. The molecule has 2 rings (SSSR count). The molecule has 1 aromatic heterocycles. The van der Waals surface area contributed by atoms with E-state index in [1.165, 1.54) is 5.01 Å². The summed E-state index contributed by atoms with van der Waals surface area (Å²) in [5.41, 5.74) is 1.10. The van der Waals surface area contributed by atoms with Crippen molar-refractivity contribution in [1.29, 1.82) is 0 Å². The van der Waals surface area contributed by atoms with Crippen LogP contribution in [0.15, 0.2) is 39.0 Å². The molecule has 1 amide bonds. The van der Waals surface area contributed by atoms with Crippen molar-refractivity contribution in [3.05, 3.63) is 44.8 Å². The molecular formula is C16H19BrN2OS2. The minimum Gasteiger partial charge on any atom is -0.355 e. The van der Waals surface area contributed by atoms with E-state index < -0.39 is 0 Å². The number of hydrogen-bond acceptors (Lipinski definition) is 4. The molecule has 0 aliphatic carbocycles. The third-order valence-corrected chi connectivity index (χ3v) is 5.56. The third-order valence-electron chi connectivity index (χ3n) is 2.99. The fraction of sp³-hybridized carbons (Fsp3) is 0.375. The second-order valence-electron chi connectivity index (χ2n) is 4.93. The van der Waals surface area contributed by atoms with Gasteiger partial charge < -0.3 is 5.32 Å². The zero-order chi connectivity index (χ0) is 15.8. The zero-order valence-electron chi connectivity index (χ0n) is 12.5. The highest BCUT2D eigenvalue weighted by Gasteiger charge is 2.03. The molecule has 1 N–H and O–H groups in total. The molecule has 0 bridgehead atoms. The lowest BCUT2D eigenvalue weighted by Crippen LogP contribution is -2.26. The van der Waals surface area contributed by atoms with Crippen LogP contribution >= 0.6 is 39.0 Å². The van der Waals surface area contributed by atoms with Crippen molar-refractivity contribution in [1.82, 2.24) is 10.3 Å². The second-order valence-corrected chi connectivity index (χ2v) is 7.84. The molecule has 2 aromatic rings. The number of aromatic nitrogens is 1. The van der Waals surface area contributed by atoms with Crippen LogP contribution in [0.2, 0.25) is 0 Å². The van der Waals surface area contributed by atoms with E-state index in [2.05, 4.69) is 31.6 Å². The standard InChI is InChI=1S/C16H19BrN2OS2/c1-12-10-22-16(19-12)4-2-3-9-18-15(20)11-21-14-7-5-13(17)6-8-14/h5-8,10H,2-4,9,11H2,1H3,(H,18,20). The largest absolute Gasteiger partial charge is 0.355 e. The Morgan fingerprint density at radius 2 is 2.09 bits per heavy atom. The van der Waals surface area contributed by atoms with Gasteiger partial charge in [-0.15, -0.1) is 23.1 Å². The first-order valence-corrected chi connectivity index (χ1v) is 9.85. The van der Waals surface area contributed by atoms with Gasteiger partial charge in [0.1, 0.15) is 0 Å². The highest BCUT2D eigenvalue weighted by atomic mass is 79.9. The van der Waals surface area contributed by atoms with Gasteiger partial charge in [-0.05, 0) is 50.5 Å². The number of carbonyl (C=O) groups is 1. The van der Waals surface area contributed by atoms with Crippen molar-refractivity contribution in [3.63, 3.8) is 0 Å². The van der Waals surface area contributed by atoms with E-state index in [0.29, 0.717) is 5.75 Å². The number of halogens is 1. The van der Waals surface area contributed by atoms with E-state index in [1.54, 1.807) is 23.1 Å². The topological polar surface area (TPSA) is 42.0 Å². The number of unbranched alkanes of at least 4 members (excludes halogenated alkanes) is 1. The lowest BCUT2D eigenvalue weighted by molar-refractivity contribution is -0.118. The number of amides is 1. The fourth-order valence-electron chi connectivity index (χ4n) is 1.88. The van der Waals surface area contributed by atoms with Crippen molar-refractivity contribution in [2.45, 2.75) is 31.1 Å². The molecule has 1 heterocycles.